The van der Waals surface area contributed by atoms with E-state index in [-0.39, 0.29) is 17.4 Å². The molecule has 0 spiro atoms. The van der Waals surface area contributed by atoms with Crippen molar-refractivity contribution in [3.8, 4) is 5.75 Å². The number of amides is 2. The average Bonchev–Trinajstić information content (AvgIpc) is 3.11. The number of hydrogen-bond donors (Lipinski definition) is 2. The number of nitrogens with one attached hydrogen (secondary N) is 2. The molecule has 2 aromatic heterocycles. The van der Waals surface area contributed by atoms with Crippen molar-refractivity contribution in [2.45, 2.75) is 26.2 Å². The van der Waals surface area contributed by atoms with Crippen LogP contribution in [0.3, 0.4) is 0 Å². The van der Waals surface area contributed by atoms with Crippen LogP contribution < -0.4 is 15.4 Å². The maximum atomic E-state index is 12.8. The van der Waals surface area contributed by atoms with Gasteiger partial charge in [0.2, 0.25) is 5.82 Å². The van der Waals surface area contributed by atoms with Gasteiger partial charge in [0, 0.05) is 12.7 Å². The van der Waals surface area contributed by atoms with E-state index in [4.69, 9.17) is 4.74 Å². The van der Waals surface area contributed by atoms with Gasteiger partial charge in [0.05, 0.1) is 18.3 Å². The molecule has 2 heterocycles. The Morgan fingerprint density at radius 3 is 2.64 bits per heavy atom. The van der Waals surface area contributed by atoms with Crippen molar-refractivity contribution in [3.05, 3.63) is 60.2 Å². The standard InChI is InChI=1S/C21H24N4O3/c1-3-4-8-13-22-20(26)18-16-11-7-9-14-25(16)19(24-18)21(27)23-15-10-5-6-12-17(15)28-2/h5-7,9-12,14H,3-4,8,13H2,1-2H3,(H,22,26)(H,23,27). The van der Waals surface area contributed by atoms with Crippen LogP contribution in [0.25, 0.3) is 5.52 Å². The van der Waals surface area contributed by atoms with Crippen LogP contribution in [0.15, 0.2) is 48.7 Å². The van der Waals surface area contributed by atoms with Crippen LogP contribution in [0.1, 0.15) is 47.3 Å². The van der Waals surface area contributed by atoms with Gasteiger partial charge in [0.15, 0.2) is 5.69 Å². The minimum absolute atomic E-state index is 0.139. The summed E-state index contributed by atoms with van der Waals surface area (Å²) in [5.41, 5.74) is 1.36. The van der Waals surface area contributed by atoms with Crippen molar-refractivity contribution in [2.24, 2.45) is 0 Å². The molecule has 0 unspecified atom stereocenters. The molecule has 0 aliphatic heterocycles. The van der Waals surface area contributed by atoms with Crippen LogP contribution in [0.2, 0.25) is 0 Å². The fourth-order valence-corrected chi connectivity index (χ4v) is 2.95. The van der Waals surface area contributed by atoms with Gasteiger partial charge in [-0.25, -0.2) is 4.98 Å². The van der Waals surface area contributed by atoms with E-state index in [0.717, 1.165) is 19.3 Å². The predicted molar refractivity (Wildman–Crippen MR) is 108 cm³/mol. The number of anilines is 1. The molecule has 2 N–H and O–H groups in total. The molecule has 2 amide bonds. The Hall–Kier alpha value is -3.35. The summed E-state index contributed by atoms with van der Waals surface area (Å²) in [6, 6.07) is 12.5. The zero-order valence-electron chi connectivity index (χ0n) is 16.1. The van der Waals surface area contributed by atoms with Crippen molar-refractivity contribution in [3.63, 3.8) is 0 Å². The molecule has 3 rings (SSSR count). The van der Waals surface area contributed by atoms with Crippen molar-refractivity contribution in [1.82, 2.24) is 14.7 Å². The molecule has 7 nitrogen and oxygen atoms in total. The fourth-order valence-electron chi connectivity index (χ4n) is 2.95. The molecular weight excluding hydrogens is 356 g/mol. The topological polar surface area (TPSA) is 84.7 Å². The highest BCUT2D eigenvalue weighted by atomic mass is 16.5. The van der Waals surface area contributed by atoms with E-state index in [1.807, 2.05) is 12.1 Å². The number of carbonyl (C=O) groups excluding carboxylic acids is 2. The number of para-hydroxylation sites is 2. The van der Waals surface area contributed by atoms with Crippen LogP contribution in [-0.4, -0.2) is 34.9 Å². The third kappa shape index (κ3) is 4.14. The van der Waals surface area contributed by atoms with Gasteiger partial charge in [0.25, 0.3) is 11.8 Å². The van der Waals surface area contributed by atoms with Crippen molar-refractivity contribution < 1.29 is 14.3 Å². The number of benzene rings is 1. The summed E-state index contributed by atoms with van der Waals surface area (Å²) in [7, 11) is 1.54. The largest absolute Gasteiger partial charge is 0.495 e. The lowest BCUT2D eigenvalue weighted by atomic mass is 10.2. The van der Waals surface area contributed by atoms with E-state index < -0.39 is 5.91 Å². The highest BCUT2D eigenvalue weighted by Crippen LogP contribution is 2.24. The van der Waals surface area contributed by atoms with Gasteiger partial charge in [-0.05, 0) is 30.7 Å². The number of aromatic nitrogens is 2. The van der Waals surface area contributed by atoms with Gasteiger partial charge in [-0.1, -0.05) is 38.0 Å². The number of ether oxygens (including phenoxy) is 1. The molecule has 3 aromatic rings. The molecule has 0 fully saturated rings. The number of imidazole rings is 1. The van der Waals surface area contributed by atoms with Crippen molar-refractivity contribution in [2.75, 3.05) is 19.0 Å². The quantitative estimate of drug-likeness (QED) is 0.586. The van der Waals surface area contributed by atoms with E-state index in [1.165, 1.54) is 7.11 Å². The molecule has 0 radical (unpaired) electrons. The summed E-state index contributed by atoms with van der Waals surface area (Å²) in [5.74, 6) is -0.0160. The van der Waals surface area contributed by atoms with Crippen LogP contribution in [0.5, 0.6) is 5.75 Å². The van der Waals surface area contributed by atoms with E-state index in [1.54, 1.807) is 40.9 Å². The molecule has 0 atom stereocenters. The minimum atomic E-state index is -0.421. The zero-order chi connectivity index (χ0) is 19.9. The summed E-state index contributed by atoms with van der Waals surface area (Å²) >= 11 is 0. The first-order valence-electron chi connectivity index (χ1n) is 9.35. The number of methoxy groups -OCH3 is 1. The summed E-state index contributed by atoms with van der Waals surface area (Å²) in [5, 5.41) is 5.68. The first kappa shape index (κ1) is 19.4. The molecule has 0 aliphatic carbocycles. The smallest absolute Gasteiger partial charge is 0.292 e. The molecule has 0 aliphatic rings. The van der Waals surface area contributed by atoms with E-state index in [9.17, 15) is 9.59 Å². The lowest BCUT2D eigenvalue weighted by Gasteiger charge is -2.09. The summed E-state index contributed by atoms with van der Waals surface area (Å²) < 4.78 is 6.89. The van der Waals surface area contributed by atoms with E-state index >= 15 is 0 Å². The molecule has 0 saturated carbocycles. The number of pyridine rings is 1. The maximum Gasteiger partial charge on any atom is 0.292 e. The predicted octanol–water partition coefficient (Wildman–Crippen LogP) is 3.52. The van der Waals surface area contributed by atoms with Gasteiger partial charge < -0.3 is 15.4 Å². The van der Waals surface area contributed by atoms with Crippen LogP contribution in [-0.2, 0) is 0 Å². The van der Waals surface area contributed by atoms with Gasteiger partial charge in [-0.3, -0.25) is 14.0 Å². The molecule has 28 heavy (non-hydrogen) atoms. The number of hydrogen-bond acceptors (Lipinski definition) is 4. The number of carbonyl (C=O) groups is 2. The Bertz CT molecular complexity index is 981. The first-order chi connectivity index (χ1) is 13.7. The Kier molecular flexibility index (Phi) is 6.26. The molecule has 146 valence electrons. The second-order valence-electron chi connectivity index (χ2n) is 6.36. The SMILES string of the molecule is CCCCCNC(=O)c1nc(C(=O)Nc2ccccc2OC)n2ccccc12. The summed E-state index contributed by atoms with van der Waals surface area (Å²) in [6.07, 6.45) is 4.76. The monoisotopic (exact) mass is 380 g/mol. The zero-order valence-corrected chi connectivity index (χ0v) is 16.1. The Morgan fingerprint density at radius 1 is 1.07 bits per heavy atom. The van der Waals surface area contributed by atoms with Gasteiger partial charge >= 0.3 is 0 Å². The highest BCUT2D eigenvalue weighted by molar-refractivity contribution is 6.06. The fraction of sp³-hybridized carbons (Fsp3) is 0.286. The van der Waals surface area contributed by atoms with Crippen molar-refractivity contribution in [1.29, 1.82) is 0 Å². The maximum absolute atomic E-state index is 12.8. The van der Waals surface area contributed by atoms with Gasteiger partial charge in [0.1, 0.15) is 5.75 Å². The van der Waals surface area contributed by atoms with Crippen molar-refractivity contribution >= 4 is 23.0 Å². The second kappa shape index (κ2) is 9.03. The Balaban J connectivity index is 1.87. The molecule has 0 saturated heterocycles. The number of nitrogens with zero attached hydrogens (tertiary/aromatic N) is 2. The normalized spacial score (nSPS) is 10.6. The highest BCUT2D eigenvalue weighted by Gasteiger charge is 2.22. The Morgan fingerprint density at radius 2 is 1.86 bits per heavy atom. The van der Waals surface area contributed by atoms with Crippen LogP contribution in [0, 0.1) is 0 Å². The lowest BCUT2D eigenvalue weighted by Crippen LogP contribution is -2.25. The first-order valence-corrected chi connectivity index (χ1v) is 9.35. The van der Waals surface area contributed by atoms with Gasteiger partial charge in [-0.15, -0.1) is 0 Å². The molecule has 0 bridgehead atoms. The molecular formula is C21H24N4O3. The van der Waals surface area contributed by atoms with E-state index in [2.05, 4.69) is 22.5 Å². The summed E-state index contributed by atoms with van der Waals surface area (Å²) in [4.78, 5) is 29.8. The minimum Gasteiger partial charge on any atom is -0.495 e. The molecule has 1 aromatic carbocycles. The van der Waals surface area contributed by atoms with Crippen LogP contribution >= 0.6 is 0 Å². The average molecular weight is 380 g/mol. The summed E-state index contributed by atoms with van der Waals surface area (Å²) in [6.45, 7) is 2.69. The third-order valence-electron chi connectivity index (χ3n) is 4.39. The second-order valence-corrected chi connectivity index (χ2v) is 6.36. The third-order valence-corrected chi connectivity index (χ3v) is 4.39. The number of fused-ring (bicyclic) bond motifs is 1. The lowest BCUT2D eigenvalue weighted by molar-refractivity contribution is 0.0950. The van der Waals surface area contributed by atoms with Crippen LogP contribution in [0.4, 0.5) is 5.69 Å². The number of unbranched alkanes of at least 4 members (excludes halogenated alkanes) is 2. The number of rotatable bonds is 8. The van der Waals surface area contributed by atoms with E-state index in [0.29, 0.717) is 23.5 Å². The Labute approximate surface area is 163 Å². The molecule has 7 heteroatoms. The van der Waals surface area contributed by atoms with Gasteiger partial charge in [-0.2, -0.15) is 0 Å².